The number of nitrogens with zero attached hydrogens (tertiary/aromatic N) is 2. The summed E-state index contributed by atoms with van der Waals surface area (Å²) in [7, 11) is 0. The van der Waals surface area contributed by atoms with Crippen LogP contribution >= 0.6 is 0 Å². The molecule has 8 heteroatoms. The predicted molar refractivity (Wildman–Crippen MR) is 84.4 cm³/mol. The zero-order valence-corrected chi connectivity index (χ0v) is 14.1. The number of carbonyl (C=O) groups excluding carboxylic acids is 1. The normalized spacial score (nSPS) is 26.6. The van der Waals surface area contributed by atoms with E-state index in [2.05, 4.69) is 9.64 Å². The highest BCUT2D eigenvalue weighted by Gasteiger charge is 2.30. The van der Waals surface area contributed by atoms with Crippen molar-refractivity contribution in [3.05, 3.63) is 0 Å². The van der Waals surface area contributed by atoms with E-state index >= 15 is 0 Å². The molecular formula is C16H28F3N3O2. The Hall–Kier alpha value is -0.860. The van der Waals surface area contributed by atoms with Gasteiger partial charge in [-0.3, -0.25) is 9.69 Å². The Morgan fingerprint density at radius 3 is 2.50 bits per heavy atom. The van der Waals surface area contributed by atoms with Gasteiger partial charge in [-0.25, -0.2) is 0 Å². The monoisotopic (exact) mass is 351 g/mol. The van der Waals surface area contributed by atoms with Crippen molar-refractivity contribution in [1.82, 2.24) is 9.80 Å². The third-order valence-corrected chi connectivity index (χ3v) is 4.78. The van der Waals surface area contributed by atoms with Crippen LogP contribution in [-0.4, -0.2) is 73.9 Å². The van der Waals surface area contributed by atoms with Crippen molar-refractivity contribution >= 4 is 5.91 Å². The SMILES string of the molecule is NC1CCCC(C(=O)N2CCN(CCCOCC(F)(F)F)CC2)C1. The van der Waals surface area contributed by atoms with Crippen molar-refractivity contribution in [2.45, 2.75) is 44.3 Å². The number of carbonyl (C=O) groups is 1. The molecule has 2 aliphatic rings. The van der Waals surface area contributed by atoms with Gasteiger partial charge in [-0.05, 0) is 25.7 Å². The molecule has 0 spiro atoms. The van der Waals surface area contributed by atoms with E-state index in [1.165, 1.54) is 0 Å². The van der Waals surface area contributed by atoms with Crippen molar-refractivity contribution in [3.63, 3.8) is 0 Å². The zero-order chi connectivity index (χ0) is 17.6. The van der Waals surface area contributed by atoms with Gasteiger partial charge in [0.25, 0.3) is 0 Å². The van der Waals surface area contributed by atoms with Gasteiger partial charge < -0.3 is 15.4 Å². The van der Waals surface area contributed by atoms with E-state index in [4.69, 9.17) is 5.73 Å². The highest BCUT2D eigenvalue weighted by molar-refractivity contribution is 5.79. The molecule has 140 valence electrons. The summed E-state index contributed by atoms with van der Waals surface area (Å²) in [4.78, 5) is 16.6. The largest absolute Gasteiger partial charge is 0.411 e. The molecule has 1 saturated carbocycles. The number of amides is 1. The van der Waals surface area contributed by atoms with Crippen LogP contribution in [0, 0.1) is 5.92 Å². The van der Waals surface area contributed by atoms with Gasteiger partial charge in [0.1, 0.15) is 6.61 Å². The summed E-state index contributed by atoms with van der Waals surface area (Å²) >= 11 is 0. The smallest absolute Gasteiger partial charge is 0.372 e. The van der Waals surface area contributed by atoms with Crippen LogP contribution in [-0.2, 0) is 9.53 Å². The summed E-state index contributed by atoms with van der Waals surface area (Å²) in [6, 6.07) is 0.144. The third-order valence-electron chi connectivity index (χ3n) is 4.78. The third kappa shape index (κ3) is 6.57. The summed E-state index contributed by atoms with van der Waals surface area (Å²) in [5, 5.41) is 0. The maximum Gasteiger partial charge on any atom is 0.411 e. The average Bonchev–Trinajstić information content (AvgIpc) is 2.53. The molecule has 1 heterocycles. The Morgan fingerprint density at radius 2 is 1.88 bits per heavy atom. The lowest BCUT2D eigenvalue weighted by atomic mass is 9.85. The van der Waals surface area contributed by atoms with Crippen LogP contribution in [0.1, 0.15) is 32.1 Å². The average molecular weight is 351 g/mol. The second kappa shape index (κ2) is 9.01. The highest BCUT2D eigenvalue weighted by Crippen LogP contribution is 2.25. The van der Waals surface area contributed by atoms with Crippen LogP contribution in [0.5, 0.6) is 0 Å². The van der Waals surface area contributed by atoms with Crippen molar-refractivity contribution < 1.29 is 22.7 Å². The summed E-state index contributed by atoms with van der Waals surface area (Å²) in [6.07, 6.45) is 0.0669. The van der Waals surface area contributed by atoms with Gasteiger partial charge in [0.05, 0.1) is 0 Å². The Kier molecular flexibility index (Phi) is 7.31. The number of hydrogen-bond donors (Lipinski definition) is 1. The number of rotatable bonds is 6. The highest BCUT2D eigenvalue weighted by atomic mass is 19.4. The number of ether oxygens (including phenoxy) is 1. The second-order valence-corrected chi connectivity index (χ2v) is 6.81. The van der Waals surface area contributed by atoms with E-state index in [0.717, 1.165) is 38.8 Å². The molecule has 0 aromatic rings. The molecule has 2 atom stereocenters. The van der Waals surface area contributed by atoms with Crippen molar-refractivity contribution in [2.24, 2.45) is 11.7 Å². The first-order valence-electron chi connectivity index (χ1n) is 8.76. The lowest BCUT2D eigenvalue weighted by Gasteiger charge is -2.37. The fourth-order valence-corrected chi connectivity index (χ4v) is 3.48. The molecule has 2 N–H and O–H groups in total. The van der Waals surface area contributed by atoms with Crippen LogP contribution in [0.25, 0.3) is 0 Å². The summed E-state index contributed by atoms with van der Waals surface area (Å²) < 4.78 is 40.5. The molecule has 1 aliphatic carbocycles. The molecule has 1 saturated heterocycles. The zero-order valence-electron chi connectivity index (χ0n) is 14.1. The number of hydrogen-bond acceptors (Lipinski definition) is 4. The number of piperazine rings is 1. The van der Waals surface area contributed by atoms with E-state index in [1.807, 2.05) is 4.90 Å². The molecule has 5 nitrogen and oxygen atoms in total. The number of nitrogens with two attached hydrogens (primary N) is 1. The van der Waals surface area contributed by atoms with E-state index in [9.17, 15) is 18.0 Å². The van der Waals surface area contributed by atoms with Gasteiger partial charge in [0, 0.05) is 51.3 Å². The topological polar surface area (TPSA) is 58.8 Å². The summed E-state index contributed by atoms with van der Waals surface area (Å²) in [5.74, 6) is 0.286. The Labute approximate surface area is 141 Å². The fourth-order valence-electron chi connectivity index (χ4n) is 3.48. The maximum absolute atomic E-state index is 12.5. The quantitative estimate of drug-likeness (QED) is 0.739. The molecule has 1 amide bonds. The van der Waals surface area contributed by atoms with Gasteiger partial charge in [-0.15, -0.1) is 0 Å². The summed E-state index contributed by atoms with van der Waals surface area (Å²) in [6.45, 7) is 2.54. The minimum Gasteiger partial charge on any atom is -0.372 e. The molecule has 0 aromatic carbocycles. The minimum absolute atomic E-state index is 0.0658. The standard InChI is InChI=1S/C16H28F3N3O2/c17-16(18,19)12-24-10-2-5-21-6-8-22(9-7-21)15(23)13-3-1-4-14(20)11-13/h13-14H,1-12,20H2. The van der Waals surface area contributed by atoms with E-state index in [1.54, 1.807) is 0 Å². The minimum atomic E-state index is -4.26. The Bertz CT molecular complexity index is 399. The molecular weight excluding hydrogens is 323 g/mol. The maximum atomic E-state index is 12.5. The lowest BCUT2D eigenvalue weighted by Crippen LogP contribution is -2.51. The van der Waals surface area contributed by atoms with Gasteiger partial charge in [0.2, 0.25) is 5.91 Å². The van der Waals surface area contributed by atoms with E-state index in [0.29, 0.717) is 26.1 Å². The first kappa shape index (κ1) is 19.5. The first-order valence-corrected chi connectivity index (χ1v) is 8.76. The van der Waals surface area contributed by atoms with Crippen molar-refractivity contribution in [1.29, 1.82) is 0 Å². The number of alkyl halides is 3. The van der Waals surface area contributed by atoms with Gasteiger partial charge in [0.15, 0.2) is 0 Å². The van der Waals surface area contributed by atoms with E-state index < -0.39 is 12.8 Å². The van der Waals surface area contributed by atoms with Crippen LogP contribution in [0.15, 0.2) is 0 Å². The fraction of sp³-hybridized carbons (Fsp3) is 0.938. The van der Waals surface area contributed by atoms with Crippen LogP contribution in [0.2, 0.25) is 0 Å². The molecule has 0 bridgehead atoms. The Balaban J connectivity index is 1.60. The molecule has 24 heavy (non-hydrogen) atoms. The van der Waals surface area contributed by atoms with Crippen LogP contribution in [0.3, 0.4) is 0 Å². The number of halogens is 3. The molecule has 0 aromatic heterocycles. The lowest BCUT2D eigenvalue weighted by molar-refractivity contribution is -0.174. The van der Waals surface area contributed by atoms with Gasteiger partial charge >= 0.3 is 6.18 Å². The summed E-state index contributed by atoms with van der Waals surface area (Å²) in [5.41, 5.74) is 5.96. The predicted octanol–water partition coefficient (Wildman–Crippen LogP) is 1.62. The molecule has 2 rings (SSSR count). The first-order chi connectivity index (χ1) is 11.3. The van der Waals surface area contributed by atoms with E-state index in [-0.39, 0.29) is 24.5 Å². The van der Waals surface area contributed by atoms with Gasteiger partial charge in [-0.1, -0.05) is 6.42 Å². The second-order valence-electron chi connectivity index (χ2n) is 6.81. The molecule has 1 aliphatic heterocycles. The van der Waals surface area contributed by atoms with Crippen LogP contribution < -0.4 is 5.73 Å². The van der Waals surface area contributed by atoms with Crippen LogP contribution in [0.4, 0.5) is 13.2 Å². The van der Waals surface area contributed by atoms with Gasteiger partial charge in [-0.2, -0.15) is 13.2 Å². The van der Waals surface area contributed by atoms with Crippen molar-refractivity contribution in [3.8, 4) is 0 Å². The Morgan fingerprint density at radius 1 is 1.17 bits per heavy atom. The molecule has 2 fully saturated rings. The van der Waals surface area contributed by atoms with Crippen molar-refractivity contribution in [2.75, 3.05) is 45.9 Å². The molecule has 2 unspecified atom stereocenters. The molecule has 0 radical (unpaired) electrons.